The lowest BCUT2D eigenvalue weighted by atomic mass is 10.0. The molecule has 0 spiro atoms. The van der Waals surface area contributed by atoms with Gasteiger partial charge < -0.3 is 5.73 Å². The topological polar surface area (TPSA) is 89.3 Å². The first-order valence-electron chi connectivity index (χ1n) is 7.78. The molecule has 6 heteroatoms. The summed E-state index contributed by atoms with van der Waals surface area (Å²) in [7, 11) is -3.72. The van der Waals surface area contributed by atoms with Gasteiger partial charge in [-0.15, -0.1) is 0 Å². The summed E-state index contributed by atoms with van der Waals surface area (Å²) < 4.78 is 27.9. The molecular weight excluding hydrogens is 336 g/mol. The Labute approximate surface area is 146 Å². The highest BCUT2D eigenvalue weighted by atomic mass is 32.2. The molecule has 128 valence electrons. The second kappa shape index (κ2) is 6.66. The van der Waals surface area contributed by atoms with Crippen LogP contribution < -0.4 is 10.5 Å². The molecule has 25 heavy (non-hydrogen) atoms. The molecule has 1 atom stereocenters. The molecule has 3 rings (SSSR count). The molecular formula is C19H18N2O3S. The van der Waals surface area contributed by atoms with Crippen molar-refractivity contribution in [1.82, 2.24) is 4.72 Å². The number of nitrogens with one attached hydrogen (secondary N) is 1. The summed E-state index contributed by atoms with van der Waals surface area (Å²) in [4.78, 5) is 11.2. The van der Waals surface area contributed by atoms with Crippen LogP contribution in [0.5, 0.6) is 0 Å². The normalized spacial score (nSPS) is 12.8. The number of hydrogen-bond donors (Lipinski definition) is 2. The van der Waals surface area contributed by atoms with E-state index in [1.165, 1.54) is 24.3 Å². The molecule has 0 aliphatic rings. The predicted octanol–water partition coefficient (Wildman–Crippen LogP) is 2.98. The first kappa shape index (κ1) is 17.1. The molecule has 3 aromatic rings. The highest BCUT2D eigenvalue weighted by Crippen LogP contribution is 2.25. The molecule has 1 amide bonds. The number of amides is 1. The highest BCUT2D eigenvalue weighted by molar-refractivity contribution is 7.89. The van der Waals surface area contributed by atoms with Crippen LogP contribution in [0.25, 0.3) is 10.8 Å². The van der Waals surface area contributed by atoms with Gasteiger partial charge in [-0.3, -0.25) is 4.79 Å². The zero-order valence-corrected chi connectivity index (χ0v) is 14.5. The number of sulfonamides is 1. The van der Waals surface area contributed by atoms with Gasteiger partial charge in [-0.25, -0.2) is 13.1 Å². The molecule has 0 aliphatic carbocycles. The minimum atomic E-state index is -3.72. The molecule has 0 fully saturated rings. The average Bonchev–Trinajstić information content (AvgIpc) is 2.61. The molecule has 0 aliphatic heterocycles. The third kappa shape index (κ3) is 3.55. The van der Waals surface area contributed by atoms with Crippen molar-refractivity contribution >= 4 is 26.7 Å². The van der Waals surface area contributed by atoms with E-state index < -0.39 is 22.0 Å². The van der Waals surface area contributed by atoms with Crippen molar-refractivity contribution < 1.29 is 13.2 Å². The fourth-order valence-corrected chi connectivity index (χ4v) is 4.01. The highest BCUT2D eigenvalue weighted by Gasteiger charge is 2.19. The van der Waals surface area contributed by atoms with Crippen molar-refractivity contribution in [2.45, 2.75) is 17.9 Å². The summed E-state index contributed by atoms with van der Waals surface area (Å²) >= 11 is 0. The number of carbonyl (C=O) groups excluding carboxylic acids is 1. The molecule has 0 aromatic heterocycles. The Kier molecular flexibility index (Phi) is 4.57. The minimum absolute atomic E-state index is 0.0876. The van der Waals surface area contributed by atoms with Crippen LogP contribution in [0.2, 0.25) is 0 Å². The van der Waals surface area contributed by atoms with Crippen LogP contribution in [0.15, 0.2) is 71.6 Å². The van der Waals surface area contributed by atoms with Gasteiger partial charge in [0.05, 0.1) is 4.90 Å². The van der Waals surface area contributed by atoms with E-state index in [2.05, 4.69) is 4.72 Å². The van der Waals surface area contributed by atoms with E-state index in [0.29, 0.717) is 0 Å². The number of nitrogens with two attached hydrogens (primary N) is 1. The predicted molar refractivity (Wildman–Crippen MR) is 97.6 cm³/mol. The van der Waals surface area contributed by atoms with E-state index in [-0.39, 0.29) is 10.5 Å². The van der Waals surface area contributed by atoms with E-state index in [1.54, 1.807) is 6.92 Å². The first-order valence-corrected chi connectivity index (χ1v) is 9.26. The van der Waals surface area contributed by atoms with Gasteiger partial charge in [0.1, 0.15) is 0 Å². The Morgan fingerprint density at radius 1 is 0.960 bits per heavy atom. The van der Waals surface area contributed by atoms with Crippen LogP contribution >= 0.6 is 0 Å². The maximum atomic E-state index is 12.6. The van der Waals surface area contributed by atoms with E-state index >= 15 is 0 Å². The molecule has 0 saturated heterocycles. The third-order valence-corrected chi connectivity index (χ3v) is 5.63. The zero-order chi connectivity index (χ0) is 18.0. The third-order valence-electron chi connectivity index (χ3n) is 4.07. The van der Waals surface area contributed by atoms with Crippen molar-refractivity contribution in [3.63, 3.8) is 0 Å². The summed E-state index contributed by atoms with van der Waals surface area (Å²) in [6.07, 6.45) is 0. The molecule has 3 aromatic carbocycles. The Hall–Kier alpha value is -2.70. The maximum Gasteiger partial charge on any atom is 0.248 e. The van der Waals surface area contributed by atoms with Gasteiger partial charge in [0, 0.05) is 11.6 Å². The van der Waals surface area contributed by atoms with E-state index in [0.717, 1.165) is 16.3 Å². The van der Waals surface area contributed by atoms with Gasteiger partial charge in [-0.05, 0) is 47.5 Å². The zero-order valence-electron chi connectivity index (χ0n) is 13.6. The summed E-state index contributed by atoms with van der Waals surface area (Å²) in [5.41, 5.74) is 6.34. The molecule has 5 nitrogen and oxygen atoms in total. The summed E-state index contributed by atoms with van der Waals surface area (Å²) in [5.74, 6) is -0.596. The molecule has 0 heterocycles. The van der Waals surface area contributed by atoms with E-state index in [9.17, 15) is 13.2 Å². The van der Waals surface area contributed by atoms with E-state index in [4.69, 9.17) is 5.73 Å². The van der Waals surface area contributed by atoms with Crippen LogP contribution in [0, 0.1) is 0 Å². The Morgan fingerprint density at radius 2 is 1.60 bits per heavy atom. The monoisotopic (exact) mass is 354 g/mol. The number of carbonyl (C=O) groups is 1. The molecule has 3 N–H and O–H groups in total. The van der Waals surface area contributed by atoms with Crippen LogP contribution in [-0.2, 0) is 10.0 Å². The minimum Gasteiger partial charge on any atom is -0.366 e. The van der Waals surface area contributed by atoms with Gasteiger partial charge in [0.15, 0.2) is 0 Å². The number of fused-ring (bicyclic) bond motifs is 1. The molecule has 1 unspecified atom stereocenters. The summed E-state index contributed by atoms with van der Waals surface area (Å²) in [6, 6.07) is 18.8. The van der Waals surface area contributed by atoms with Gasteiger partial charge in [-0.2, -0.15) is 0 Å². The van der Waals surface area contributed by atoms with Gasteiger partial charge in [0.25, 0.3) is 0 Å². The lowest BCUT2D eigenvalue weighted by Gasteiger charge is -2.17. The van der Waals surface area contributed by atoms with Crippen LogP contribution in [0.4, 0.5) is 0 Å². The van der Waals surface area contributed by atoms with E-state index in [1.807, 2.05) is 42.5 Å². The fourth-order valence-electron chi connectivity index (χ4n) is 2.79. The second-order valence-corrected chi connectivity index (χ2v) is 7.51. The maximum absolute atomic E-state index is 12.6. The number of primary amides is 1. The number of benzene rings is 3. The Morgan fingerprint density at radius 3 is 2.28 bits per heavy atom. The lowest BCUT2D eigenvalue weighted by Crippen LogP contribution is -2.27. The van der Waals surface area contributed by atoms with Crippen molar-refractivity contribution in [1.29, 1.82) is 0 Å². The molecule has 0 bridgehead atoms. The molecule has 0 saturated carbocycles. The average molecular weight is 354 g/mol. The van der Waals surface area contributed by atoms with Crippen LogP contribution in [0.1, 0.15) is 28.9 Å². The fraction of sp³-hybridized carbons (Fsp3) is 0.105. The van der Waals surface area contributed by atoms with Gasteiger partial charge >= 0.3 is 0 Å². The first-order chi connectivity index (χ1) is 11.9. The lowest BCUT2D eigenvalue weighted by molar-refractivity contribution is 0.1000. The van der Waals surface area contributed by atoms with Crippen molar-refractivity contribution in [3.05, 3.63) is 77.9 Å². The molecule has 0 radical (unpaired) electrons. The van der Waals surface area contributed by atoms with Crippen molar-refractivity contribution in [3.8, 4) is 0 Å². The summed E-state index contributed by atoms with van der Waals surface area (Å²) in [5, 5.41) is 2.06. The summed E-state index contributed by atoms with van der Waals surface area (Å²) in [6.45, 7) is 1.80. The van der Waals surface area contributed by atoms with Crippen molar-refractivity contribution in [2.24, 2.45) is 5.73 Å². The standard InChI is InChI=1S/C19H18N2O3S/c1-13(17-8-4-6-14-5-2-3-7-18(14)17)21-25(23,24)16-11-9-15(10-12-16)19(20)22/h2-13,21H,1H3,(H2,20,22). The quantitative estimate of drug-likeness (QED) is 0.738. The SMILES string of the molecule is CC(NS(=O)(=O)c1ccc(C(N)=O)cc1)c1cccc2ccccc12. The largest absolute Gasteiger partial charge is 0.366 e. The smallest absolute Gasteiger partial charge is 0.248 e. The number of rotatable bonds is 5. The van der Waals surface area contributed by atoms with Crippen LogP contribution in [-0.4, -0.2) is 14.3 Å². The van der Waals surface area contributed by atoms with Crippen LogP contribution in [0.3, 0.4) is 0 Å². The Balaban J connectivity index is 1.90. The van der Waals surface area contributed by atoms with Gasteiger partial charge in [-0.1, -0.05) is 42.5 Å². The second-order valence-electron chi connectivity index (χ2n) is 5.80. The number of hydrogen-bond acceptors (Lipinski definition) is 3. The van der Waals surface area contributed by atoms with Crippen molar-refractivity contribution in [2.75, 3.05) is 0 Å². The van der Waals surface area contributed by atoms with Gasteiger partial charge in [0.2, 0.25) is 15.9 Å². The Bertz CT molecular complexity index is 1020.